The number of aromatic nitrogens is 3. The van der Waals surface area contributed by atoms with Crippen molar-refractivity contribution in [1.29, 1.82) is 0 Å². The van der Waals surface area contributed by atoms with E-state index in [-0.39, 0.29) is 11.7 Å². The molecule has 1 fully saturated rings. The first-order chi connectivity index (χ1) is 11.9. The van der Waals surface area contributed by atoms with Gasteiger partial charge in [0.25, 0.3) is 5.91 Å². The quantitative estimate of drug-likeness (QED) is 0.824. The van der Waals surface area contributed by atoms with Gasteiger partial charge < -0.3 is 10.6 Å². The molecule has 0 saturated carbocycles. The summed E-state index contributed by atoms with van der Waals surface area (Å²) in [4.78, 5) is 12.3. The molecule has 1 aliphatic rings. The molecule has 1 saturated heterocycles. The monoisotopic (exact) mass is 357 g/mol. The van der Waals surface area contributed by atoms with E-state index in [9.17, 15) is 22.4 Å². The smallest absolute Gasteiger partial charge is 0.347 e. The molecule has 6 nitrogen and oxygen atoms in total. The topological polar surface area (TPSA) is 71.8 Å². The maximum atomic E-state index is 13.5. The Balaban J connectivity index is 1.94. The number of nitrogens with one attached hydrogen (secondary N) is 2. The molecule has 0 spiro atoms. The Morgan fingerprint density at radius 3 is 2.60 bits per heavy atom. The second-order valence-corrected chi connectivity index (χ2v) is 5.69. The van der Waals surface area contributed by atoms with Gasteiger partial charge >= 0.3 is 6.18 Å². The van der Waals surface area contributed by atoms with E-state index < -0.39 is 29.3 Å². The minimum Gasteiger partial charge on any atom is -0.347 e. The molecule has 2 heterocycles. The van der Waals surface area contributed by atoms with Gasteiger partial charge in [-0.25, -0.2) is 9.07 Å². The average molecular weight is 357 g/mol. The van der Waals surface area contributed by atoms with Crippen molar-refractivity contribution in [3.05, 3.63) is 41.5 Å². The Hall–Kier alpha value is -2.49. The van der Waals surface area contributed by atoms with Gasteiger partial charge in [-0.05, 0) is 43.7 Å². The Labute approximate surface area is 140 Å². The maximum Gasteiger partial charge on any atom is 0.435 e. The van der Waals surface area contributed by atoms with E-state index in [2.05, 4.69) is 20.9 Å². The highest BCUT2D eigenvalue weighted by molar-refractivity contribution is 5.93. The SMILES string of the molecule is O=C(N[C@H]1CCCNC1)c1nnn(-c2ccc(F)cc2)c1C(F)(F)F. The molecule has 0 unspecified atom stereocenters. The van der Waals surface area contributed by atoms with Crippen LogP contribution >= 0.6 is 0 Å². The summed E-state index contributed by atoms with van der Waals surface area (Å²) in [6, 6.07) is 4.01. The number of nitrogens with zero attached hydrogens (tertiary/aromatic N) is 3. The van der Waals surface area contributed by atoms with Crippen molar-refractivity contribution in [2.24, 2.45) is 0 Å². The third-order valence-electron chi connectivity index (χ3n) is 3.86. The molecule has 3 rings (SSSR count). The zero-order valence-electron chi connectivity index (χ0n) is 13.0. The number of benzene rings is 1. The maximum absolute atomic E-state index is 13.5. The van der Waals surface area contributed by atoms with Gasteiger partial charge in [0, 0.05) is 12.6 Å². The molecule has 0 bridgehead atoms. The number of hydrogen-bond acceptors (Lipinski definition) is 4. The Bertz CT molecular complexity index is 750. The molecule has 134 valence electrons. The van der Waals surface area contributed by atoms with Gasteiger partial charge in [-0.3, -0.25) is 4.79 Å². The van der Waals surface area contributed by atoms with Crippen LogP contribution in [0.1, 0.15) is 29.0 Å². The van der Waals surface area contributed by atoms with Crippen molar-refractivity contribution < 1.29 is 22.4 Å². The van der Waals surface area contributed by atoms with Crippen molar-refractivity contribution in [1.82, 2.24) is 25.6 Å². The lowest BCUT2D eigenvalue weighted by molar-refractivity contribution is -0.143. The van der Waals surface area contributed by atoms with Gasteiger partial charge in [0.15, 0.2) is 11.4 Å². The van der Waals surface area contributed by atoms with E-state index in [0.717, 1.165) is 37.2 Å². The van der Waals surface area contributed by atoms with Crippen LogP contribution in [0.4, 0.5) is 17.6 Å². The standard InChI is InChI=1S/C15H15F4N5O/c16-9-3-5-11(6-4-9)24-13(15(17,18)19)12(22-23-24)14(25)21-10-2-1-7-20-8-10/h3-6,10,20H,1-2,7-8H2,(H,21,25)/t10-/m0/s1. The van der Waals surface area contributed by atoms with Crippen LogP contribution in [0.2, 0.25) is 0 Å². The molecular weight excluding hydrogens is 342 g/mol. The number of amides is 1. The molecule has 2 N–H and O–H groups in total. The van der Waals surface area contributed by atoms with E-state index in [0.29, 0.717) is 17.6 Å². The lowest BCUT2D eigenvalue weighted by Crippen LogP contribution is -2.46. The second-order valence-electron chi connectivity index (χ2n) is 5.69. The fourth-order valence-electron chi connectivity index (χ4n) is 2.68. The fourth-order valence-corrected chi connectivity index (χ4v) is 2.68. The Morgan fingerprint density at radius 1 is 1.28 bits per heavy atom. The van der Waals surface area contributed by atoms with Gasteiger partial charge in [0.05, 0.1) is 5.69 Å². The summed E-state index contributed by atoms with van der Waals surface area (Å²) < 4.78 is 53.9. The van der Waals surface area contributed by atoms with Crippen molar-refractivity contribution in [3.8, 4) is 5.69 Å². The number of alkyl halides is 3. The van der Waals surface area contributed by atoms with Crippen molar-refractivity contribution in [2.75, 3.05) is 13.1 Å². The van der Waals surface area contributed by atoms with Gasteiger partial charge in [0.1, 0.15) is 5.82 Å². The van der Waals surface area contributed by atoms with E-state index >= 15 is 0 Å². The van der Waals surface area contributed by atoms with Crippen molar-refractivity contribution in [3.63, 3.8) is 0 Å². The number of hydrogen-bond donors (Lipinski definition) is 2. The van der Waals surface area contributed by atoms with Gasteiger partial charge in [-0.15, -0.1) is 5.10 Å². The molecule has 0 radical (unpaired) electrons. The number of carbonyl (C=O) groups is 1. The summed E-state index contributed by atoms with van der Waals surface area (Å²) in [7, 11) is 0. The number of halogens is 4. The average Bonchev–Trinajstić information content (AvgIpc) is 3.02. The van der Waals surface area contributed by atoms with Gasteiger partial charge in [-0.1, -0.05) is 5.21 Å². The van der Waals surface area contributed by atoms with E-state index in [1.165, 1.54) is 0 Å². The number of carbonyl (C=O) groups excluding carboxylic acids is 1. The largest absolute Gasteiger partial charge is 0.435 e. The minimum absolute atomic E-state index is 0.0420. The molecule has 1 aliphatic heterocycles. The summed E-state index contributed by atoms with van der Waals surface area (Å²) >= 11 is 0. The summed E-state index contributed by atoms with van der Waals surface area (Å²) in [6.45, 7) is 1.29. The lowest BCUT2D eigenvalue weighted by atomic mass is 10.1. The first-order valence-electron chi connectivity index (χ1n) is 7.66. The lowest BCUT2D eigenvalue weighted by Gasteiger charge is -2.23. The summed E-state index contributed by atoms with van der Waals surface area (Å²) in [5.41, 5.74) is -2.14. The van der Waals surface area contributed by atoms with E-state index in [4.69, 9.17) is 0 Å². The molecule has 1 amide bonds. The minimum atomic E-state index is -4.85. The second kappa shape index (κ2) is 6.79. The fraction of sp³-hybridized carbons (Fsp3) is 0.400. The van der Waals surface area contributed by atoms with Crippen LogP contribution in [0.25, 0.3) is 5.69 Å². The van der Waals surface area contributed by atoms with Crippen molar-refractivity contribution in [2.45, 2.75) is 25.1 Å². The highest BCUT2D eigenvalue weighted by atomic mass is 19.4. The normalized spacial score (nSPS) is 18.2. The number of rotatable bonds is 3. The van der Waals surface area contributed by atoms with Crippen LogP contribution in [0, 0.1) is 5.82 Å². The van der Waals surface area contributed by atoms with Crippen LogP contribution in [-0.2, 0) is 6.18 Å². The highest BCUT2D eigenvalue weighted by Gasteiger charge is 2.42. The Kier molecular flexibility index (Phi) is 4.71. The predicted molar refractivity (Wildman–Crippen MR) is 79.7 cm³/mol. The summed E-state index contributed by atoms with van der Waals surface area (Å²) in [6.07, 6.45) is -3.36. The van der Waals surface area contributed by atoms with Crippen LogP contribution in [0.5, 0.6) is 0 Å². The van der Waals surface area contributed by atoms with Crippen LogP contribution < -0.4 is 10.6 Å². The molecule has 2 aromatic rings. The molecule has 10 heteroatoms. The molecule has 0 aliphatic carbocycles. The zero-order valence-corrected chi connectivity index (χ0v) is 13.0. The van der Waals surface area contributed by atoms with Crippen molar-refractivity contribution >= 4 is 5.91 Å². The predicted octanol–water partition coefficient (Wildman–Crippen LogP) is 1.91. The Morgan fingerprint density at radius 2 is 2.00 bits per heavy atom. The number of piperidine rings is 1. The van der Waals surface area contributed by atoms with Crippen LogP contribution in [0.3, 0.4) is 0 Å². The molecule has 1 atom stereocenters. The third-order valence-corrected chi connectivity index (χ3v) is 3.86. The van der Waals surface area contributed by atoms with Crippen LogP contribution in [0.15, 0.2) is 24.3 Å². The first kappa shape index (κ1) is 17.3. The summed E-state index contributed by atoms with van der Waals surface area (Å²) in [5.74, 6) is -1.53. The van der Waals surface area contributed by atoms with E-state index in [1.807, 2.05) is 0 Å². The molecule has 1 aromatic heterocycles. The molecule has 1 aromatic carbocycles. The first-order valence-corrected chi connectivity index (χ1v) is 7.66. The van der Waals surface area contributed by atoms with Gasteiger partial charge in [0.2, 0.25) is 0 Å². The zero-order chi connectivity index (χ0) is 18.0. The summed E-state index contributed by atoms with van der Waals surface area (Å²) in [5, 5.41) is 12.5. The van der Waals surface area contributed by atoms with Crippen LogP contribution in [-0.4, -0.2) is 40.0 Å². The molecule has 25 heavy (non-hydrogen) atoms. The van der Waals surface area contributed by atoms with Gasteiger partial charge in [-0.2, -0.15) is 13.2 Å². The molecular formula is C15H15F4N5O. The third kappa shape index (κ3) is 3.78. The van der Waals surface area contributed by atoms with E-state index in [1.54, 1.807) is 0 Å². The highest BCUT2D eigenvalue weighted by Crippen LogP contribution is 2.32.